The van der Waals surface area contributed by atoms with Gasteiger partial charge in [-0.2, -0.15) is 0 Å². The third kappa shape index (κ3) is 23.2. The summed E-state index contributed by atoms with van der Waals surface area (Å²) in [7, 11) is 0. The van der Waals surface area contributed by atoms with Crippen molar-refractivity contribution in [1.82, 2.24) is 0 Å². The van der Waals surface area contributed by atoms with Crippen LogP contribution in [0.15, 0.2) is 0 Å². The molecule has 0 saturated carbocycles. The summed E-state index contributed by atoms with van der Waals surface area (Å²) < 4.78 is 0. The van der Waals surface area contributed by atoms with E-state index >= 15 is 0 Å². The average molecular weight is 450 g/mol. The molecule has 0 bridgehead atoms. The van der Waals surface area contributed by atoms with Crippen LogP contribution < -0.4 is 0 Å². The van der Waals surface area contributed by atoms with Gasteiger partial charge in [0.1, 0.15) is 0 Å². The second kappa shape index (κ2) is 27.2. The first-order chi connectivity index (χ1) is 15.8. The van der Waals surface area contributed by atoms with E-state index < -0.39 is 0 Å². The first-order valence-corrected chi connectivity index (χ1v) is 15.6. The summed E-state index contributed by atoms with van der Waals surface area (Å²) >= 11 is 0. The van der Waals surface area contributed by atoms with Crippen LogP contribution in [0.4, 0.5) is 0 Å². The van der Waals surface area contributed by atoms with Crippen LogP contribution >= 0.6 is 0 Å². The van der Waals surface area contributed by atoms with Crippen LogP contribution in [0.3, 0.4) is 0 Å². The fourth-order valence-corrected chi connectivity index (χ4v) is 5.28. The summed E-state index contributed by atoms with van der Waals surface area (Å²) in [4.78, 5) is 0. The van der Waals surface area contributed by atoms with Crippen molar-refractivity contribution < 1.29 is 0 Å². The van der Waals surface area contributed by atoms with Gasteiger partial charge >= 0.3 is 0 Å². The zero-order valence-electron chi connectivity index (χ0n) is 23.4. The lowest BCUT2D eigenvalue weighted by molar-refractivity contribution is 0.364. The second-order valence-electron chi connectivity index (χ2n) is 10.9. The van der Waals surface area contributed by atoms with Gasteiger partial charge in [-0.1, -0.05) is 188 Å². The van der Waals surface area contributed by atoms with E-state index in [1.54, 1.807) is 0 Å². The fraction of sp³-hybridized carbons (Fsp3) is 0.969. The molecule has 0 rings (SSSR count). The summed E-state index contributed by atoms with van der Waals surface area (Å²) in [5.41, 5.74) is 0. The quantitative estimate of drug-likeness (QED) is 0.109. The normalized spacial score (nSPS) is 13.5. The Morgan fingerprint density at radius 3 is 0.812 bits per heavy atom. The molecular weight excluding hydrogens is 384 g/mol. The highest BCUT2D eigenvalue weighted by atomic mass is 14.2. The van der Waals surface area contributed by atoms with Gasteiger partial charge in [-0.25, -0.2) is 0 Å². The zero-order chi connectivity index (χ0) is 23.5. The molecule has 1 radical (unpaired) electrons. The van der Waals surface area contributed by atoms with Gasteiger partial charge in [-0.05, 0) is 18.3 Å². The van der Waals surface area contributed by atoms with Crippen molar-refractivity contribution in [2.75, 3.05) is 0 Å². The third-order valence-corrected chi connectivity index (χ3v) is 7.51. The maximum atomic E-state index is 2.89. The molecule has 0 amide bonds. The Hall–Kier alpha value is 0. The van der Waals surface area contributed by atoms with Crippen molar-refractivity contribution in [1.29, 1.82) is 0 Å². The Balaban J connectivity index is 4.50. The SMILES string of the molecule is CCCCCCCCC([CH]C(CCCCCCC)CCCCCCCC)CCCCCC. The summed E-state index contributed by atoms with van der Waals surface area (Å²) in [5, 5.41) is 0. The van der Waals surface area contributed by atoms with Gasteiger partial charge in [0.2, 0.25) is 0 Å². The van der Waals surface area contributed by atoms with E-state index in [0.29, 0.717) is 0 Å². The number of hydrogen-bond donors (Lipinski definition) is 0. The Labute approximate surface area is 206 Å². The topological polar surface area (TPSA) is 0 Å². The highest BCUT2D eigenvalue weighted by Gasteiger charge is 2.17. The third-order valence-electron chi connectivity index (χ3n) is 7.51. The van der Waals surface area contributed by atoms with E-state index in [2.05, 4.69) is 34.1 Å². The predicted octanol–water partition coefficient (Wildman–Crippen LogP) is 12.3. The maximum absolute atomic E-state index is 2.89. The van der Waals surface area contributed by atoms with Crippen molar-refractivity contribution in [3.05, 3.63) is 6.42 Å². The molecule has 0 saturated heterocycles. The molecule has 0 heterocycles. The van der Waals surface area contributed by atoms with Gasteiger partial charge in [-0.3, -0.25) is 0 Å². The molecule has 0 aliphatic heterocycles. The van der Waals surface area contributed by atoms with Gasteiger partial charge in [0.05, 0.1) is 0 Å². The van der Waals surface area contributed by atoms with Crippen LogP contribution in [0.2, 0.25) is 0 Å². The minimum Gasteiger partial charge on any atom is -0.0654 e. The molecule has 193 valence electrons. The molecule has 0 aromatic rings. The monoisotopic (exact) mass is 450 g/mol. The van der Waals surface area contributed by atoms with E-state index in [-0.39, 0.29) is 0 Å². The minimum atomic E-state index is 0.902. The van der Waals surface area contributed by atoms with Crippen molar-refractivity contribution in [2.24, 2.45) is 11.8 Å². The summed E-state index contributed by atoms with van der Waals surface area (Å²) in [6.45, 7) is 9.33. The lowest BCUT2D eigenvalue weighted by Crippen LogP contribution is -2.12. The van der Waals surface area contributed by atoms with E-state index in [0.717, 1.165) is 11.8 Å². The molecule has 0 aromatic carbocycles. The Bertz CT molecular complexity index is 320. The molecule has 2 unspecified atom stereocenters. The minimum absolute atomic E-state index is 0.902. The van der Waals surface area contributed by atoms with Crippen LogP contribution in [-0.2, 0) is 0 Å². The summed E-state index contributed by atoms with van der Waals surface area (Å²) in [5.74, 6) is 1.80. The second-order valence-corrected chi connectivity index (χ2v) is 10.9. The van der Waals surface area contributed by atoms with Gasteiger partial charge in [0.15, 0.2) is 0 Å². The van der Waals surface area contributed by atoms with Crippen molar-refractivity contribution in [3.63, 3.8) is 0 Å². The van der Waals surface area contributed by atoms with Crippen molar-refractivity contribution >= 4 is 0 Å². The molecule has 0 aliphatic rings. The highest BCUT2D eigenvalue weighted by molar-refractivity contribution is 4.84. The van der Waals surface area contributed by atoms with E-state index in [1.807, 2.05) is 0 Å². The molecular formula is C32H65. The highest BCUT2D eigenvalue weighted by Crippen LogP contribution is 2.30. The van der Waals surface area contributed by atoms with E-state index in [9.17, 15) is 0 Å². The van der Waals surface area contributed by atoms with Gasteiger partial charge < -0.3 is 0 Å². The lowest BCUT2D eigenvalue weighted by atomic mass is 9.82. The van der Waals surface area contributed by atoms with Crippen molar-refractivity contribution in [2.45, 2.75) is 188 Å². The predicted molar refractivity (Wildman–Crippen MR) is 149 cm³/mol. The Morgan fingerprint density at radius 1 is 0.312 bits per heavy atom. The molecule has 0 spiro atoms. The molecule has 0 aliphatic carbocycles. The molecule has 0 N–H and O–H groups in total. The zero-order valence-corrected chi connectivity index (χ0v) is 23.4. The molecule has 0 nitrogen and oxygen atoms in total. The van der Waals surface area contributed by atoms with Crippen LogP contribution in [-0.4, -0.2) is 0 Å². The standard InChI is InChI=1S/C32H65/c1-5-9-13-17-20-24-28-31(26-22-16-12-8-4)30-32(27-23-19-15-11-7-3)29-25-21-18-14-10-6-2/h30-32H,5-29H2,1-4H3. The number of rotatable bonds is 27. The van der Waals surface area contributed by atoms with Gasteiger partial charge in [0, 0.05) is 0 Å². The fourth-order valence-electron chi connectivity index (χ4n) is 5.28. The maximum Gasteiger partial charge on any atom is -0.0324 e. The average Bonchev–Trinajstić information content (AvgIpc) is 2.80. The van der Waals surface area contributed by atoms with Gasteiger partial charge in [0.25, 0.3) is 0 Å². The molecule has 0 aromatic heterocycles. The summed E-state index contributed by atoms with van der Waals surface area (Å²) in [6.07, 6.45) is 39.0. The molecule has 0 heteroatoms. The molecule has 2 atom stereocenters. The van der Waals surface area contributed by atoms with Crippen LogP contribution in [0, 0.1) is 18.3 Å². The molecule has 32 heavy (non-hydrogen) atoms. The lowest BCUT2D eigenvalue weighted by Gasteiger charge is -2.24. The van der Waals surface area contributed by atoms with Crippen LogP contribution in [0.25, 0.3) is 0 Å². The Kier molecular flexibility index (Phi) is 27.2. The number of hydrogen-bond acceptors (Lipinski definition) is 0. The van der Waals surface area contributed by atoms with Crippen LogP contribution in [0.1, 0.15) is 188 Å². The first-order valence-electron chi connectivity index (χ1n) is 15.6. The van der Waals surface area contributed by atoms with Crippen molar-refractivity contribution in [3.8, 4) is 0 Å². The summed E-state index contributed by atoms with van der Waals surface area (Å²) in [6, 6.07) is 0. The first kappa shape index (κ1) is 32.0. The molecule has 0 fully saturated rings. The van der Waals surface area contributed by atoms with Crippen LogP contribution in [0.5, 0.6) is 0 Å². The van der Waals surface area contributed by atoms with E-state index in [1.165, 1.54) is 161 Å². The van der Waals surface area contributed by atoms with Gasteiger partial charge in [-0.15, -0.1) is 0 Å². The Morgan fingerprint density at radius 2 is 0.531 bits per heavy atom. The number of unbranched alkanes of at least 4 members (excludes halogenated alkanes) is 17. The van der Waals surface area contributed by atoms with E-state index in [4.69, 9.17) is 0 Å². The smallest absolute Gasteiger partial charge is 0.0324 e. The largest absolute Gasteiger partial charge is 0.0654 e.